The maximum Gasteiger partial charge on any atom is 0.0616 e. The lowest BCUT2D eigenvalue weighted by molar-refractivity contribution is 0.149. The van der Waals surface area contributed by atoms with Gasteiger partial charge in [0.2, 0.25) is 0 Å². The van der Waals surface area contributed by atoms with Crippen molar-refractivity contribution >= 4 is 11.3 Å². The predicted octanol–water partition coefficient (Wildman–Crippen LogP) is 3.32. The molecule has 4 heteroatoms. The molecule has 0 spiro atoms. The van der Waals surface area contributed by atoms with E-state index in [-0.39, 0.29) is 0 Å². The Morgan fingerprint density at radius 1 is 1.45 bits per heavy atom. The van der Waals surface area contributed by atoms with Crippen LogP contribution in [0.4, 0.5) is 0 Å². The molecule has 114 valence electrons. The zero-order chi connectivity index (χ0) is 14.2. The summed E-state index contributed by atoms with van der Waals surface area (Å²) >= 11 is 1.87. The Kier molecular flexibility index (Phi) is 7.00. The van der Waals surface area contributed by atoms with Crippen molar-refractivity contribution in [2.24, 2.45) is 11.7 Å². The molecule has 0 saturated heterocycles. The van der Waals surface area contributed by atoms with Crippen molar-refractivity contribution in [3.8, 4) is 0 Å². The minimum absolute atomic E-state index is 0.413. The molecular weight excluding hydrogens is 268 g/mol. The molecule has 2 rings (SSSR count). The molecule has 1 saturated carbocycles. The lowest BCUT2D eigenvalue weighted by Crippen LogP contribution is -2.39. The largest absolute Gasteiger partial charge is 0.383 e. The maximum absolute atomic E-state index is 5.65. The highest BCUT2D eigenvalue weighted by Crippen LogP contribution is 2.37. The van der Waals surface area contributed by atoms with Gasteiger partial charge in [-0.25, -0.2) is 0 Å². The molecule has 2 unspecified atom stereocenters. The van der Waals surface area contributed by atoms with Crippen LogP contribution in [0.15, 0.2) is 17.5 Å². The van der Waals surface area contributed by atoms with E-state index in [9.17, 15) is 0 Å². The van der Waals surface area contributed by atoms with Crippen LogP contribution in [0.5, 0.6) is 0 Å². The van der Waals surface area contributed by atoms with Gasteiger partial charge in [0.1, 0.15) is 0 Å². The second kappa shape index (κ2) is 8.78. The highest BCUT2D eigenvalue weighted by Gasteiger charge is 2.28. The van der Waals surface area contributed by atoms with Crippen molar-refractivity contribution in [1.29, 1.82) is 0 Å². The fourth-order valence-electron chi connectivity index (χ4n) is 3.24. The van der Waals surface area contributed by atoms with Crippen molar-refractivity contribution in [2.45, 2.75) is 50.6 Å². The Balaban J connectivity index is 2.01. The summed E-state index contributed by atoms with van der Waals surface area (Å²) in [6, 6.07) is 5.34. The molecular formula is C16H28N2OS. The second-order valence-electron chi connectivity index (χ2n) is 5.79. The topological polar surface area (TPSA) is 47.3 Å². The minimum atomic E-state index is 0.413. The number of nitrogens with two attached hydrogens (primary N) is 1. The number of methoxy groups -OCH3 is 1. The number of nitrogens with one attached hydrogen (secondary N) is 1. The van der Waals surface area contributed by atoms with Crippen molar-refractivity contribution in [3.05, 3.63) is 22.4 Å². The first-order chi connectivity index (χ1) is 9.85. The normalized spacial score (nSPS) is 19.3. The van der Waals surface area contributed by atoms with E-state index in [0.29, 0.717) is 12.1 Å². The predicted molar refractivity (Wildman–Crippen MR) is 86.1 cm³/mol. The van der Waals surface area contributed by atoms with E-state index in [4.69, 9.17) is 10.5 Å². The minimum Gasteiger partial charge on any atom is -0.383 e. The Morgan fingerprint density at radius 3 is 2.85 bits per heavy atom. The Labute approximate surface area is 126 Å². The summed E-state index contributed by atoms with van der Waals surface area (Å²) in [4.78, 5) is 1.48. The average molecular weight is 296 g/mol. The van der Waals surface area contributed by atoms with Crippen LogP contribution in [0, 0.1) is 5.92 Å². The van der Waals surface area contributed by atoms with Crippen LogP contribution in [-0.2, 0) is 4.74 Å². The van der Waals surface area contributed by atoms with Gasteiger partial charge >= 0.3 is 0 Å². The van der Waals surface area contributed by atoms with Crippen LogP contribution < -0.4 is 11.1 Å². The first kappa shape index (κ1) is 16.0. The summed E-state index contributed by atoms with van der Waals surface area (Å²) in [5.41, 5.74) is 5.65. The Bertz CT molecular complexity index is 349. The van der Waals surface area contributed by atoms with Gasteiger partial charge < -0.3 is 15.8 Å². The Morgan fingerprint density at radius 2 is 2.25 bits per heavy atom. The number of hydrogen-bond donors (Lipinski definition) is 2. The fourth-order valence-corrected chi connectivity index (χ4v) is 4.12. The van der Waals surface area contributed by atoms with Crippen molar-refractivity contribution in [2.75, 3.05) is 20.3 Å². The standard InChI is InChI=1S/C16H28N2OS/c1-19-12-14(8-4-10-17)18-16(13-6-2-3-7-13)15-9-5-11-20-15/h5,9,11,13-14,16,18H,2-4,6-8,10,12,17H2,1H3. The zero-order valence-electron chi connectivity index (χ0n) is 12.5. The van der Waals surface area contributed by atoms with E-state index in [2.05, 4.69) is 22.8 Å². The number of thiophene rings is 1. The van der Waals surface area contributed by atoms with Crippen LogP contribution >= 0.6 is 11.3 Å². The molecule has 0 amide bonds. The maximum atomic E-state index is 5.65. The lowest BCUT2D eigenvalue weighted by atomic mass is 9.95. The van der Waals surface area contributed by atoms with Crippen molar-refractivity contribution in [3.63, 3.8) is 0 Å². The third kappa shape index (κ3) is 4.55. The molecule has 2 atom stereocenters. The molecule has 1 aromatic rings. The van der Waals surface area contributed by atoms with E-state index in [1.165, 1.54) is 30.6 Å². The lowest BCUT2D eigenvalue weighted by Gasteiger charge is -2.29. The SMILES string of the molecule is COCC(CCCN)NC(c1cccs1)C1CCCC1. The first-order valence-corrected chi connectivity index (χ1v) is 8.71. The number of rotatable bonds is 9. The molecule has 1 aliphatic rings. The van der Waals surface area contributed by atoms with Gasteiger partial charge in [0.05, 0.1) is 6.61 Å². The van der Waals surface area contributed by atoms with Gasteiger partial charge in [0.15, 0.2) is 0 Å². The summed E-state index contributed by atoms with van der Waals surface area (Å²) in [7, 11) is 1.78. The molecule has 3 N–H and O–H groups in total. The van der Waals surface area contributed by atoms with Gasteiger partial charge in [-0.05, 0) is 49.6 Å². The monoisotopic (exact) mass is 296 g/mol. The molecule has 1 aromatic heterocycles. The van der Waals surface area contributed by atoms with Gasteiger partial charge in [-0.15, -0.1) is 11.3 Å². The smallest absolute Gasteiger partial charge is 0.0616 e. The first-order valence-electron chi connectivity index (χ1n) is 7.83. The fraction of sp³-hybridized carbons (Fsp3) is 0.750. The van der Waals surface area contributed by atoms with E-state index in [0.717, 1.165) is 31.9 Å². The van der Waals surface area contributed by atoms with Gasteiger partial charge in [-0.2, -0.15) is 0 Å². The summed E-state index contributed by atoms with van der Waals surface area (Å²) in [5.74, 6) is 0.783. The van der Waals surface area contributed by atoms with Crippen LogP contribution in [-0.4, -0.2) is 26.3 Å². The Hall–Kier alpha value is -0.420. The number of hydrogen-bond acceptors (Lipinski definition) is 4. The molecule has 1 heterocycles. The second-order valence-corrected chi connectivity index (χ2v) is 6.77. The summed E-state index contributed by atoms with van der Waals surface area (Å²) in [5, 5.41) is 6.05. The van der Waals surface area contributed by atoms with E-state index in [1.807, 2.05) is 11.3 Å². The van der Waals surface area contributed by atoms with Crippen LogP contribution in [0.2, 0.25) is 0 Å². The molecule has 0 aliphatic heterocycles. The average Bonchev–Trinajstić information content (AvgIpc) is 3.14. The van der Waals surface area contributed by atoms with E-state index < -0.39 is 0 Å². The zero-order valence-corrected chi connectivity index (χ0v) is 13.3. The van der Waals surface area contributed by atoms with Gasteiger partial charge in [0, 0.05) is 24.1 Å². The molecule has 1 fully saturated rings. The van der Waals surface area contributed by atoms with Gasteiger partial charge in [0.25, 0.3) is 0 Å². The molecule has 0 bridgehead atoms. The highest BCUT2D eigenvalue weighted by molar-refractivity contribution is 7.10. The van der Waals surface area contributed by atoms with E-state index >= 15 is 0 Å². The highest BCUT2D eigenvalue weighted by atomic mass is 32.1. The van der Waals surface area contributed by atoms with E-state index in [1.54, 1.807) is 7.11 Å². The molecule has 0 radical (unpaired) electrons. The summed E-state index contributed by atoms with van der Waals surface area (Å²) < 4.78 is 5.38. The van der Waals surface area contributed by atoms with Crippen molar-refractivity contribution < 1.29 is 4.74 Å². The molecule has 3 nitrogen and oxygen atoms in total. The molecule has 1 aliphatic carbocycles. The van der Waals surface area contributed by atoms with Crippen LogP contribution in [0.25, 0.3) is 0 Å². The van der Waals surface area contributed by atoms with Crippen LogP contribution in [0.1, 0.15) is 49.4 Å². The summed E-state index contributed by atoms with van der Waals surface area (Å²) in [6.45, 7) is 1.53. The molecule has 20 heavy (non-hydrogen) atoms. The van der Waals surface area contributed by atoms with Gasteiger partial charge in [-0.1, -0.05) is 18.9 Å². The third-order valence-electron chi connectivity index (χ3n) is 4.26. The summed E-state index contributed by atoms with van der Waals surface area (Å²) in [6.07, 6.45) is 7.62. The quantitative estimate of drug-likeness (QED) is 0.735. The van der Waals surface area contributed by atoms with Crippen LogP contribution in [0.3, 0.4) is 0 Å². The van der Waals surface area contributed by atoms with Crippen molar-refractivity contribution in [1.82, 2.24) is 5.32 Å². The van der Waals surface area contributed by atoms with Gasteiger partial charge in [-0.3, -0.25) is 0 Å². The third-order valence-corrected chi connectivity index (χ3v) is 5.22. The number of ether oxygens (including phenoxy) is 1. The molecule has 0 aromatic carbocycles.